The number of benzene rings is 8. The topological polar surface area (TPSA) is 3.24 Å². The smallest absolute Gasteiger partial charge is 0.0711 e. The third-order valence-corrected chi connectivity index (χ3v) is 14.8. The Kier molecular flexibility index (Phi) is 7.86. The van der Waals surface area contributed by atoms with Gasteiger partial charge in [0.2, 0.25) is 0 Å². The highest BCUT2D eigenvalue weighted by Crippen LogP contribution is 2.59. The molecular weight excluding hydrogens is 743 g/mol. The number of hydrogen-bond donors (Lipinski definition) is 0. The van der Waals surface area contributed by atoms with Gasteiger partial charge in [-0.2, -0.15) is 0 Å². The molecule has 9 aromatic rings. The number of hydrogen-bond acceptors (Lipinski definition) is 2. The molecule has 1 heterocycles. The molecule has 1 atom stereocenters. The average Bonchev–Trinajstić information content (AvgIpc) is 3.92. The van der Waals surface area contributed by atoms with E-state index >= 15 is 0 Å². The number of nitrogens with zero attached hydrogens (tertiary/aromatic N) is 1. The molecule has 12 rings (SSSR count). The molecule has 1 nitrogen and oxygen atoms in total. The van der Waals surface area contributed by atoms with Crippen LogP contribution in [0.15, 0.2) is 206 Å². The summed E-state index contributed by atoms with van der Waals surface area (Å²) < 4.78 is 2.60. The predicted molar refractivity (Wildman–Crippen MR) is 255 cm³/mol. The average molecular weight is 786 g/mol. The van der Waals surface area contributed by atoms with E-state index in [9.17, 15) is 0 Å². The Bertz CT molecular complexity index is 3230. The van der Waals surface area contributed by atoms with Crippen molar-refractivity contribution in [2.75, 3.05) is 4.90 Å². The second-order valence-electron chi connectivity index (χ2n) is 17.1. The van der Waals surface area contributed by atoms with Crippen LogP contribution in [0, 0.1) is 0 Å². The second kappa shape index (κ2) is 13.4. The van der Waals surface area contributed by atoms with E-state index in [-0.39, 0.29) is 5.41 Å². The minimum atomic E-state index is -0.447. The minimum absolute atomic E-state index is 0.0970. The zero-order valence-corrected chi connectivity index (χ0v) is 34.6. The lowest BCUT2D eigenvalue weighted by atomic mass is 9.66. The van der Waals surface area contributed by atoms with E-state index in [1.807, 2.05) is 11.3 Å². The molecule has 0 fully saturated rings. The van der Waals surface area contributed by atoms with Crippen molar-refractivity contribution in [3.8, 4) is 33.4 Å². The lowest BCUT2D eigenvalue weighted by Gasteiger charge is -2.36. The van der Waals surface area contributed by atoms with Gasteiger partial charge < -0.3 is 4.90 Å². The standard InChI is InChI=1S/C58H43NS/c1-57(2)50-27-12-9-22-45(50)48-25-15-24-43(55(48)57)38-31-33-41(34-32-38)59(53-29-16-26-49-47-23-11-14-30-54(47)60-56(49)53)42-35-36-46-44-21-10-13-28-51(44)58(52(46)37-42,39-17-5-3-6-18-39)40-19-7-4-8-20-40/h3,5-7,9-37H,4,8H2,1-2H3. The van der Waals surface area contributed by atoms with Crippen LogP contribution in [0.25, 0.3) is 53.6 Å². The van der Waals surface area contributed by atoms with Gasteiger partial charge in [0.25, 0.3) is 0 Å². The number of fused-ring (bicyclic) bond motifs is 9. The van der Waals surface area contributed by atoms with Crippen LogP contribution in [0.5, 0.6) is 0 Å². The monoisotopic (exact) mass is 785 g/mol. The third-order valence-electron chi connectivity index (χ3n) is 13.6. The summed E-state index contributed by atoms with van der Waals surface area (Å²) in [4.78, 5) is 2.51. The second-order valence-corrected chi connectivity index (χ2v) is 18.1. The first-order chi connectivity index (χ1) is 29.5. The van der Waals surface area contributed by atoms with Crippen LogP contribution in [0.1, 0.15) is 54.5 Å². The molecule has 8 aromatic carbocycles. The lowest BCUT2D eigenvalue weighted by Crippen LogP contribution is -2.29. The maximum Gasteiger partial charge on any atom is 0.0711 e. The maximum atomic E-state index is 2.51. The van der Waals surface area contributed by atoms with E-state index in [1.165, 1.54) is 92.6 Å². The molecule has 3 aliphatic carbocycles. The Morgan fingerprint density at radius 2 is 1.15 bits per heavy atom. The highest BCUT2D eigenvalue weighted by Gasteiger charge is 2.47. The van der Waals surface area contributed by atoms with Gasteiger partial charge in [-0.3, -0.25) is 0 Å². The van der Waals surface area contributed by atoms with Crippen molar-refractivity contribution >= 4 is 48.6 Å². The Morgan fingerprint density at radius 1 is 0.500 bits per heavy atom. The number of allylic oxidation sites excluding steroid dienone is 4. The fraction of sp³-hybridized carbons (Fsp3) is 0.103. The van der Waals surface area contributed by atoms with Gasteiger partial charge >= 0.3 is 0 Å². The highest BCUT2D eigenvalue weighted by atomic mass is 32.1. The van der Waals surface area contributed by atoms with Crippen molar-refractivity contribution in [2.45, 2.75) is 37.5 Å². The maximum absolute atomic E-state index is 2.51. The third kappa shape index (κ3) is 4.98. The molecule has 1 aromatic heterocycles. The van der Waals surface area contributed by atoms with Crippen molar-refractivity contribution in [3.63, 3.8) is 0 Å². The quantitative estimate of drug-likeness (QED) is 0.162. The molecule has 0 aliphatic heterocycles. The molecule has 2 heteroatoms. The van der Waals surface area contributed by atoms with Crippen LogP contribution < -0.4 is 4.90 Å². The van der Waals surface area contributed by atoms with Crippen LogP contribution >= 0.6 is 11.3 Å². The molecule has 0 amide bonds. The van der Waals surface area contributed by atoms with Crippen molar-refractivity contribution in [2.24, 2.45) is 0 Å². The molecule has 0 saturated heterocycles. The fourth-order valence-electron chi connectivity index (χ4n) is 11.0. The van der Waals surface area contributed by atoms with E-state index < -0.39 is 5.41 Å². The molecule has 60 heavy (non-hydrogen) atoms. The summed E-state index contributed by atoms with van der Waals surface area (Å²) in [6.07, 6.45) is 9.35. The van der Waals surface area contributed by atoms with Crippen molar-refractivity contribution < 1.29 is 0 Å². The van der Waals surface area contributed by atoms with Crippen molar-refractivity contribution in [3.05, 3.63) is 234 Å². The zero-order valence-electron chi connectivity index (χ0n) is 33.8. The lowest BCUT2D eigenvalue weighted by molar-refractivity contribution is 0.662. The van der Waals surface area contributed by atoms with Gasteiger partial charge in [-0.25, -0.2) is 0 Å². The van der Waals surface area contributed by atoms with Crippen LogP contribution in [-0.4, -0.2) is 0 Å². The largest absolute Gasteiger partial charge is 0.309 e. The van der Waals surface area contributed by atoms with Crippen molar-refractivity contribution in [1.82, 2.24) is 0 Å². The Labute approximate surface area is 356 Å². The molecular formula is C58H43NS. The van der Waals surface area contributed by atoms with E-state index in [2.05, 4.69) is 219 Å². The van der Waals surface area contributed by atoms with E-state index in [1.54, 1.807) is 0 Å². The molecule has 3 aliphatic rings. The highest BCUT2D eigenvalue weighted by molar-refractivity contribution is 7.26. The minimum Gasteiger partial charge on any atom is -0.309 e. The summed E-state index contributed by atoms with van der Waals surface area (Å²) in [5, 5.41) is 2.60. The summed E-state index contributed by atoms with van der Waals surface area (Å²) >= 11 is 1.89. The molecule has 1 unspecified atom stereocenters. The predicted octanol–water partition coefficient (Wildman–Crippen LogP) is 16.1. The van der Waals surface area contributed by atoms with E-state index in [0.29, 0.717) is 0 Å². The normalized spacial score (nSPS) is 16.9. The van der Waals surface area contributed by atoms with Crippen LogP contribution in [0.2, 0.25) is 0 Å². The van der Waals surface area contributed by atoms with Crippen LogP contribution in [0.3, 0.4) is 0 Å². The molecule has 0 bridgehead atoms. The molecule has 0 spiro atoms. The molecule has 286 valence electrons. The molecule has 0 saturated carbocycles. The van der Waals surface area contributed by atoms with Crippen LogP contribution in [0.4, 0.5) is 17.1 Å². The zero-order chi connectivity index (χ0) is 40.0. The number of rotatable bonds is 6. The van der Waals surface area contributed by atoms with Crippen LogP contribution in [-0.2, 0) is 10.8 Å². The van der Waals surface area contributed by atoms with Gasteiger partial charge in [-0.15, -0.1) is 11.3 Å². The van der Waals surface area contributed by atoms with Gasteiger partial charge in [-0.05, 0) is 116 Å². The Morgan fingerprint density at radius 3 is 1.97 bits per heavy atom. The summed E-state index contributed by atoms with van der Waals surface area (Å²) in [6.45, 7) is 4.76. The first-order valence-corrected chi connectivity index (χ1v) is 22.1. The van der Waals surface area contributed by atoms with Crippen molar-refractivity contribution in [1.29, 1.82) is 0 Å². The number of thiophene rings is 1. The summed E-state index contributed by atoms with van der Waals surface area (Å²) in [7, 11) is 0. The van der Waals surface area contributed by atoms with Gasteiger partial charge in [0.15, 0.2) is 0 Å². The SMILES string of the molecule is CC1(C)c2ccccc2-c2cccc(-c3ccc(N(c4ccc5c(c4)C(C4=CCCC=C4)(c4ccccc4)c4ccccc4-5)c4cccc5c4sc4ccccc45)cc3)c21. The number of anilines is 3. The summed E-state index contributed by atoms with van der Waals surface area (Å²) in [5.74, 6) is 0. The van der Waals surface area contributed by atoms with E-state index in [4.69, 9.17) is 0 Å². The summed E-state index contributed by atoms with van der Waals surface area (Å²) in [6, 6.07) is 68.4. The summed E-state index contributed by atoms with van der Waals surface area (Å²) in [5.41, 5.74) is 18.9. The van der Waals surface area contributed by atoms with Gasteiger partial charge in [0.1, 0.15) is 0 Å². The van der Waals surface area contributed by atoms with Gasteiger partial charge in [0.05, 0.1) is 15.8 Å². The first-order valence-electron chi connectivity index (χ1n) is 21.2. The Hall–Kier alpha value is -6.74. The van der Waals surface area contributed by atoms with E-state index in [0.717, 1.165) is 24.2 Å². The fourth-order valence-corrected chi connectivity index (χ4v) is 12.2. The Balaban J connectivity index is 1.08. The first kappa shape index (κ1) is 35.2. The molecule has 0 radical (unpaired) electrons. The van der Waals surface area contributed by atoms with Gasteiger partial charge in [0, 0.05) is 32.3 Å². The molecule has 0 N–H and O–H groups in total. The van der Waals surface area contributed by atoms with Gasteiger partial charge in [-0.1, -0.05) is 178 Å².